The minimum atomic E-state index is -3.63. The fourth-order valence-corrected chi connectivity index (χ4v) is 0. The molecule has 0 saturated carbocycles. The first-order chi connectivity index (χ1) is 5.20. The molecule has 0 aromatic heterocycles. The van der Waals surface area contributed by atoms with E-state index >= 15 is 0 Å². The van der Waals surface area contributed by atoms with Crippen molar-refractivity contribution in [1.29, 1.82) is 0 Å². The predicted molar refractivity (Wildman–Crippen MR) is 19.3 cm³/mol. The van der Waals surface area contributed by atoms with Gasteiger partial charge in [-0.2, -0.15) is 0 Å². The summed E-state index contributed by atoms with van der Waals surface area (Å²) in [5.41, 5.74) is 0. The zero-order chi connectivity index (χ0) is 10.7. The quantitative estimate of drug-likeness (QED) is 0.222. The average Bonchev–Trinajstić information content (AvgIpc) is 1.54. The van der Waals surface area contributed by atoms with Crippen molar-refractivity contribution in [3.05, 3.63) is 0 Å². The third-order valence-corrected chi connectivity index (χ3v) is 0. The van der Waals surface area contributed by atoms with Crippen molar-refractivity contribution in [2.45, 2.75) is 0 Å². The number of hydrogen-bond donors (Lipinski definition) is 0. The van der Waals surface area contributed by atoms with Crippen LogP contribution in [0, 0.1) is 82.6 Å². The molecule has 80 valence electrons. The second-order valence-corrected chi connectivity index (χ2v) is 2.25. The molecule has 0 aliphatic heterocycles. The zero-order valence-electron chi connectivity index (χ0n) is 7.33. The van der Waals surface area contributed by atoms with Crippen LogP contribution in [0.25, 0.3) is 0 Å². The van der Waals surface area contributed by atoms with E-state index in [4.69, 9.17) is 42.2 Å². The second-order valence-electron chi connectivity index (χ2n) is 0.750. The summed E-state index contributed by atoms with van der Waals surface area (Å²) in [6, 6.07) is 0. The monoisotopic (exact) mass is 690 g/mol. The molecule has 0 aromatic carbocycles. The van der Waals surface area contributed by atoms with Crippen LogP contribution in [0.1, 0.15) is 0 Å². The Bertz CT molecular complexity index is 124. The van der Waals surface area contributed by atoms with E-state index in [2.05, 4.69) is 0 Å². The third-order valence-electron chi connectivity index (χ3n) is 0. The van der Waals surface area contributed by atoms with Gasteiger partial charge < -0.3 is 42.2 Å². The maximum atomic E-state index is 8.52. The van der Waals surface area contributed by atoms with Crippen LogP contribution >= 0.6 is 0 Å². The van der Waals surface area contributed by atoms with Crippen molar-refractivity contribution in [3.8, 4) is 0 Å². The molecule has 0 N–H and O–H groups in total. The summed E-state index contributed by atoms with van der Waals surface area (Å²) in [7, 11) is -10.9. The molecule has 0 saturated heterocycles. The molecule has 0 aliphatic rings. The van der Waals surface area contributed by atoms with Gasteiger partial charge in [0, 0.05) is 79.9 Å². The van der Waals surface area contributed by atoms with Crippen LogP contribution in [-0.4, -0.2) is 27.5 Å². The summed E-state index contributed by atoms with van der Waals surface area (Å²) in [5, 5.41) is 0. The molecule has 0 aliphatic carbocycles. The molecule has 9 nitrogen and oxygen atoms in total. The van der Waals surface area contributed by atoms with Gasteiger partial charge in [0.05, 0.1) is 0 Å². The normalized spacial score (nSPS) is 4.50. The Hall–Kier alpha value is 3.34. The van der Waals surface area contributed by atoms with Crippen molar-refractivity contribution >= 4 is 27.5 Å². The van der Waals surface area contributed by atoms with Crippen molar-refractivity contribution in [1.82, 2.24) is 0 Å². The van der Waals surface area contributed by atoms with Gasteiger partial charge >= 0.3 is 82.6 Å². The Kier molecular flexibility index (Phi) is 96.7. The Morgan fingerprint density at radius 2 is 0.500 bits per heavy atom. The van der Waals surface area contributed by atoms with Crippen molar-refractivity contribution in [2.75, 3.05) is 0 Å². The Morgan fingerprint density at radius 3 is 0.500 bits per heavy atom. The van der Waals surface area contributed by atoms with E-state index in [0.29, 0.717) is 0 Å². The molecule has 16 heteroatoms. The fraction of sp³-hybridized carbons (Fsp3) is 0. The van der Waals surface area contributed by atoms with E-state index in [0.717, 1.165) is 0 Å². The average molecular weight is 693 g/mol. The first-order valence-corrected chi connectivity index (χ1v) is 5.51. The second kappa shape index (κ2) is 36.2. The first kappa shape index (κ1) is 42.7. The van der Waals surface area contributed by atoms with Gasteiger partial charge in [-0.15, -0.1) is 0 Å². The maximum Gasteiger partial charge on any atom is 3.00 e. The summed E-state index contributed by atoms with van der Waals surface area (Å²) in [4.78, 5) is 51.1. The Labute approximate surface area is 200 Å². The molecule has 0 bridgehead atoms. The molecular weight excluding hydrogens is 693 g/mol. The van der Waals surface area contributed by atoms with E-state index in [1.165, 1.54) is 0 Å². The van der Waals surface area contributed by atoms with Crippen LogP contribution in [-0.2, 0) is 65.8 Å². The Balaban J connectivity index is -0.0000000135. The van der Waals surface area contributed by atoms with Crippen LogP contribution in [0.3, 0.4) is 0 Å². The molecule has 0 spiro atoms. The molecule has 0 radical (unpaired) electrons. The standard InChI is InChI=1S/3O3Si.2Pr.2Zr/c3*1-4(2)3;;;;/q3*-2;2*+3;;. The van der Waals surface area contributed by atoms with Crippen molar-refractivity contribution < 1.29 is 177 Å². The molecule has 0 amide bonds. The molecule has 0 atom stereocenters. The SMILES string of the molecule is O=[Si]([O-])[O-].O=[Si]([O-])[O-].O=[Si]([O-])[O-].[Pr+3].[Pr+3].[Zr].[Zr]. The number of hydrogen-bond acceptors (Lipinski definition) is 9. The first-order valence-electron chi connectivity index (χ1n) is 1.84. The molecule has 0 rings (SSSR count). The van der Waals surface area contributed by atoms with Gasteiger partial charge in [0.1, 0.15) is 0 Å². The summed E-state index contributed by atoms with van der Waals surface area (Å²) in [5.74, 6) is 0. The van der Waals surface area contributed by atoms with Crippen LogP contribution in [0.2, 0.25) is 0 Å². The Morgan fingerprint density at radius 1 is 0.500 bits per heavy atom. The molecule has 0 heterocycles. The van der Waals surface area contributed by atoms with E-state index < -0.39 is 27.5 Å². The molecule has 0 fully saturated rings. The van der Waals surface area contributed by atoms with Gasteiger partial charge in [0.25, 0.3) is 0 Å². The van der Waals surface area contributed by atoms with Crippen molar-refractivity contribution in [3.63, 3.8) is 0 Å². The van der Waals surface area contributed by atoms with E-state index in [-0.39, 0.29) is 135 Å². The van der Waals surface area contributed by atoms with Gasteiger partial charge in [-0.1, -0.05) is 0 Å². The van der Waals surface area contributed by atoms with E-state index in [9.17, 15) is 0 Å². The molecular formula is O9Pr2Si3Zr2. The summed E-state index contributed by atoms with van der Waals surface area (Å²) < 4.78 is 25.6. The van der Waals surface area contributed by atoms with E-state index in [1.807, 2.05) is 0 Å². The van der Waals surface area contributed by atoms with Crippen molar-refractivity contribution in [2.24, 2.45) is 0 Å². The van der Waals surface area contributed by atoms with E-state index in [1.54, 1.807) is 0 Å². The number of rotatable bonds is 0. The largest absolute Gasteiger partial charge is 3.00 e. The smallest absolute Gasteiger partial charge is 0.672 e. The summed E-state index contributed by atoms with van der Waals surface area (Å²) in [6.07, 6.45) is 0. The molecule has 16 heavy (non-hydrogen) atoms. The fourth-order valence-electron chi connectivity index (χ4n) is 0. The zero-order valence-corrected chi connectivity index (χ0v) is 22.7. The molecule has 0 aromatic rings. The summed E-state index contributed by atoms with van der Waals surface area (Å²) in [6.45, 7) is 0. The van der Waals surface area contributed by atoms with Gasteiger partial charge in [-0.3, -0.25) is 0 Å². The van der Waals surface area contributed by atoms with Crippen LogP contribution < -0.4 is 28.8 Å². The van der Waals surface area contributed by atoms with Gasteiger partial charge in [0.2, 0.25) is 0 Å². The third kappa shape index (κ3) is 414. The van der Waals surface area contributed by atoms with Crippen LogP contribution in [0.5, 0.6) is 0 Å². The van der Waals surface area contributed by atoms with Crippen LogP contribution in [0.15, 0.2) is 0 Å². The molecule has 0 unspecified atom stereocenters. The summed E-state index contributed by atoms with van der Waals surface area (Å²) >= 11 is 0. The van der Waals surface area contributed by atoms with Gasteiger partial charge in [-0.05, 0) is 0 Å². The topological polar surface area (TPSA) is 190 Å². The van der Waals surface area contributed by atoms with Gasteiger partial charge in [-0.25, -0.2) is 0 Å². The maximum absolute atomic E-state index is 8.52. The minimum Gasteiger partial charge on any atom is -0.672 e. The predicted octanol–water partition coefficient (Wildman–Crippen LogP) is -8.64. The van der Waals surface area contributed by atoms with Gasteiger partial charge in [0.15, 0.2) is 0 Å². The minimum absolute atomic E-state index is 0. The van der Waals surface area contributed by atoms with Crippen LogP contribution in [0.4, 0.5) is 0 Å².